The van der Waals surface area contributed by atoms with Gasteiger partial charge >= 0.3 is 0 Å². The summed E-state index contributed by atoms with van der Waals surface area (Å²) in [5.74, 6) is 1.46. The number of carbonyl (C=O) groups excluding carboxylic acids is 1. The number of hydrogen-bond acceptors (Lipinski definition) is 4. The zero-order chi connectivity index (χ0) is 16.4. The van der Waals surface area contributed by atoms with Crippen LogP contribution in [-0.2, 0) is 9.84 Å². The Morgan fingerprint density at radius 3 is 2.22 bits per heavy atom. The number of carbonyl (C=O) groups is 1. The van der Waals surface area contributed by atoms with Gasteiger partial charge in [0.25, 0.3) is 5.91 Å². The van der Waals surface area contributed by atoms with E-state index in [4.69, 9.17) is 0 Å². The van der Waals surface area contributed by atoms with Crippen LogP contribution in [-0.4, -0.2) is 51.2 Å². The molecule has 2 aliphatic rings. The Morgan fingerprint density at radius 1 is 1.13 bits per heavy atom. The number of nitrogens with zero attached hydrogens (tertiary/aromatic N) is 1. The molecule has 0 unspecified atom stereocenters. The van der Waals surface area contributed by atoms with Gasteiger partial charge in [-0.15, -0.1) is 0 Å². The van der Waals surface area contributed by atoms with Crippen molar-refractivity contribution in [3.05, 3.63) is 29.8 Å². The molecule has 5 nitrogen and oxygen atoms in total. The van der Waals surface area contributed by atoms with Gasteiger partial charge in [-0.25, -0.2) is 8.42 Å². The Bertz CT molecular complexity index is 656. The Kier molecular flexibility index (Phi) is 4.73. The molecule has 23 heavy (non-hydrogen) atoms. The number of amides is 1. The SMILES string of the molecule is CCS(=O)(=O)c1ccc(C(=O)N2CC[C@@H]3CNC[C@@H]3CC2)cc1. The van der Waals surface area contributed by atoms with Crippen LogP contribution in [0.1, 0.15) is 30.1 Å². The third-order valence-corrected chi connectivity index (χ3v) is 6.90. The number of sulfone groups is 1. The van der Waals surface area contributed by atoms with E-state index in [-0.39, 0.29) is 16.6 Å². The molecule has 2 fully saturated rings. The standard InChI is InChI=1S/C17H24N2O3S/c1-2-23(21,22)16-5-3-13(4-6-16)17(20)19-9-7-14-11-18-12-15(14)8-10-19/h3-6,14-15,18H,2,7-12H2,1H3/t14-,15+. The van der Waals surface area contributed by atoms with Gasteiger partial charge < -0.3 is 10.2 Å². The second-order valence-electron chi connectivity index (χ2n) is 6.48. The van der Waals surface area contributed by atoms with Crippen LogP contribution in [0.2, 0.25) is 0 Å². The predicted molar refractivity (Wildman–Crippen MR) is 89.2 cm³/mol. The van der Waals surface area contributed by atoms with Crippen LogP contribution < -0.4 is 5.32 Å². The molecule has 0 bridgehead atoms. The summed E-state index contributed by atoms with van der Waals surface area (Å²) in [4.78, 5) is 14.9. The van der Waals surface area contributed by atoms with Gasteiger partial charge in [-0.2, -0.15) is 0 Å². The minimum absolute atomic E-state index is 0.0124. The van der Waals surface area contributed by atoms with Gasteiger partial charge in [0.1, 0.15) is 0 Å². The molecule has 2 saturated heterocycles. The Morgan fingerprint density at radius 2 is 1.70 bits per heavy atom. The van der Waals surface area contributed by atoms with E-state index < -0.39 is 9.84 Å². The highest BCUT2D eigenvalue weighted by Gasteiger charge is 2.31. The van der Waals surface area contributed by atoms with Crippen molar-refractivity contribution in [2.75, 3.05) is 31.9 Å². The molecule has 0 aromatic heterocycles. The maximum Gasteiger partial charge on any atom is 0.253 e. The summed E-state index contributed by atoms with van der Waals surface area (Å²) in [5, 5.41) is 3.43. The van der Waals surface area contributed by atoms with Crippen LogP contribution in [0.25, 0.3) is 0 Å². The number of hydrogen-bond donors (Lipinski definition) is 1. The van der Waals surface area contributed by atoms with E-state index >= 15 is 0 Å². The molecular weight excluding hydrogens is 312 g/mol. The van der Waals surface area contributed by atoms with Crippen LogP contribution in [0, 0.1) is 11.8 Å². The van der Waals surface area contributed by atoms with Gasteiger partial charge in [-0.3, -0.25) is 4.79 Å². The summed E-state index contributed by atoms with van der Waals surface area (Å²) in [6.07, 6.45) is 2.09. The molecule has 1 aromatic carbocycles. The van der Waals surface area contributed by atoms with Crippen molar-refractivity contribution < 1.29 is 13.2 Å². The second-order valence-corrected chi connectivity index (χ2v) is 8.75. The number of likely N-dealkylation sites (tertiary alicyclic amines) is 1. The predicted octanol–water partition coefficient (Wildman–Crippen LogP) is 1.55. The van der Waals surface area contributed by atoms with E-state index in [1.807, 2.05) is 4.90 Å². The average molecular weight is 336 g/mol. The van der Waals surface area contributed by atoms with E-state index in [0.29, 0.717) is 17.4 Å². The number of rotatable bonds is 3. The van der Waals surface area contributed by atoms with Gasteiger partial charge in [-0.05, 0) is 62.0 Å². The minimum Gasteiger partial charge on any atom is -0.339 e. The minimum atomic E-state index is -3.21. The van der Waals surface area contributed by atoms with E-state index in [1.54, 1.807) is 31.2 Å². The molecule has 3 rings (SSSR count). The molecule has 1 amide bonds. The summed E-state index contributed by atoms with van der Waals surface area (Å²) in [6, 6.07) is 6.36. The fourth-order valence-electron chi connectivity index (χ4n) is 3.58. The smallest absolute Gasteiger partial charge is 0.253 e. The monoisotopic (exact) mass is 336 g/mol. The molecule has 1 aromatic rings. The molecule has 0 aliphatic carbocycles. The first-order chi connectivity index (χ1) is 11.0. The number of nitrogens with one attached hydrogen (secondary N) is 1. The number of fused-ring (bicyclic) bond motifs is 1. The summed E-state index contributed by atoms with van der Waals surface area (Å²) in [7, 11) is -3.21. The van der Waals surface area contributed by atoms with Crippen LogP contribution in [0.5, 0.6) is 0 Å². The molecule has 0 radical (unpaired) electrons. The highest BCUT2D eigenvalue weighted by molar-refractivity contribution is 7.91. The van der Waals surface area contributed by atoms with E-state index in [0.717, 1.165) is 39.0 Å². The van der Waals surface area contributed by atoms with Gasteiger partial charge in [0.05, 0.1) is 10.6 Å². The van der Waals surface area contributed by atoms with Gasteiger partial charge in [0.15, 0.2) is 9.84 Å². The molecule has 2 heterocycles. The van der Waals surface area contributed by atoms with Crippen molar-refractivity contribution in [3.8, 4) is 0 Å². The normalized spacial score (nSPS) is 25.0. The molecule has 1 N–H and O–H groups in total. The maximum atomic E-state index is 12.7. The molecule has 126 valence electrons. The lowest BCUT2D eigenvalue weighted by atomic mass is 9.92. The van der Waals surface area contributed by atoms with Crippen LogP contribution in [0.15, 0.2) is 29.2 Å². The lowest BCUT2D eigenvalue weighted by Crippen LogP contribution is -2.32. The topological polar surface area (TPSA) is 66.5 Å². The summed E-state index contributed by atoms with van der Waals surface area (Å²) in [5.41, 5.74) is 0.574. The molecule has 2 aliphatic heterocycles. The fourth-order valence-corrected chi connectivity index (χ4v) is 4.46. The summed E-state index contributed by atoms with van der Waals surface area (Å²) in [6.45, 7) is 5.33. The van der Waals surface area contributed by atoms with Crippen LogP contribution in [0.3, 0.4) is 0 Å². The van der Waals surface area contributed by atoms with E-state index in [2.05, 4.69) is 5.32 Å². The van der Waals surface area contributed by atoms with Crippen LogP contribution >= 0.6 is 0 Å². The molecular formula is C17H24N2O3S. The highest BCUT2D eigenvalue weighted by atomic mass is 32.2. The zero-order valence-corrected chi connectivity index (χ0v) is 14.3. The summed E-state index contributed by atoms with van der Waals surface area (Å²) >= 11 is 0. The second kappa shape index (κ2) is 6.61. The van der Waals surface area contributed by atoms with Crippen molar-refractivity contribution in [2.24, 2.45) is 11.8 Å². The Balaban J connectivity index is 1.70. The third kappa shape index (κ3) is 3.43. The molecule has 2 atom stereocenters. The largest absolute Gasteiger partial charge is 0.339 e. The van der Waals surface area contributed by atoms with Crippen molar-refractivity contribution in [2.45, 2.75) is 24.7 Å². The Hall–Kier alpha value is -1.40. The van der Waals surface area contributed by atoms with Gasteiger partial charge in [0.2, 0.25) is 0 Å². The first-order valence-corrected chi connectivity index (χ1v) is 9.99. The van der Waals surface area contributed by atoms with Crippen molar-refractivity contribution >= 4 is 15.7 Å². The first kappa shape index (κ1) is 16.5. The van der Waals surface area contributed by atoms with Crippen molar-refractivity contribution in [1.29, 1.82) is 0 Å². The zero-order valence-electron chi connectivity index (χ0n) is 13.5. The summed E-state index contributed by atoms with van der Waals surface area (Å²) < 4.78 is 23.7. The lowest BCUT2D eigenvalue weighted by molar-refractivity contribution is 0.0758. The number of benzene rings is 1. The molecule has 0 spiro atoms. The highest BCUT2D eigenvalue weighted by Crippen LogP contribution is 2.27. The average Bonchev–Trinajstić information content (AvgIpc) is 2.93. The first-order valence-electron chi connectivity index (χ1n) is 8.34. The maximum absolute atomic E-state index is 12.7. The lowest BCUT2D eigenvalue weighted by Gasteiger charge is -2.21. The van der Waals surface area contributed by atoms with E-state index in [1.165, 1.54) is 0 Å². The van der Waals surface area contributed by atoms with Crippen molar-refractivity contribution in [3.63, 3.8) is 0 Å². The molecule has 0 saturated carbocycles. The fraction of sp³-hybridized carbons (Fsp3) is 0.588. The van der Waals surface area contributed by atoms with Crippen LogP contribution in [0.4, 0.5) is 0 Å². The van der Waals surface area contributed by atoms with Crippen molar-refractivity contribution in [1.82, 2.24) is 10.2 Å². The quantitative estimate of drug-likeness (QED) is 0.909. The van der Waals surface area contributed by atoms with Gasteiger partial charge in [-0.1, -0.05) is 6.92 Å². The van der Waals surface area contributed by atoms with E-state index in [9.17, 15) is 13.2 Å². The molecule has 6 heteroatoms. The van der Waals surface area contributed by atoms with Gasteiger partial charge in [0, 0.05) is 18.7 Å². The Labute approximate surface area is 138 Å². The third-order valence-electron chi connectivity index (χ3n) is 5.15.